The third-order valence-corrected chi connectivity index (χ3v) is 6.73. The smallest absolute Gasteiger partial charge is 0.374 e. The number of esters is 1. The minimum absolute atomic E-state index is 0.139. The Labute approximate surface area is 187 Å². The standard InChI is InChI=1S/C20H25N3O6S2/c1-3-27-16-7-5-15(6-8-16)21-20(30)22-11-13-23(14-12-22)31(25,26)18-10-9-17(29-18)19(24)28-4-2/h5-10H,3-4,11-14H2,1-2H3,(H,21,30). The Balaban J connectivity index is 1.57. The SMILES string of the molecule is CCOC(=O)c1ccc(S(=O)(=O)N2CCN(C(=S)Nc3ccc(OCC)cc3)CC2)o1. The van der Waals surface area contributed by atoms with Crippen LogP contribution in [0.5, 0.6) is 5.75 Å². The predicted molar refractivity (Wildman–Crippen MR) is 119 cm³/mol. The lowest BCUT2D eigenvalue weighted by Crippen LogP contribution is -2.51. The summed E-state index contributed by atoms with van der Waals surface area (Å²) in [5.74, 6) is -0.0545. The monoisotopic (exact) mass is 467 g/mol. The van der Waals surface area contributed by atoms with Gasteiger partial charge in [0.1, 0.15) is 5.75 Å². The van der Waals surface area contributed by atoms with Crippen LogP contribution in [0.1, 0.15) is 24.4 Å². The minimum atomic E-state index is -3.85. The van der Waals surface area contributed by atoms with Gasteiger partial charge in [-0.3, -0.25) is 0 Å². The van der Waals surface area contributed by atoms with Crippen molar-refractivity contribution in [3.8, 4) is 5.75 Å². The summed E-state index contributed by atoms with van der Waals surface area (Å²) in [4.78, 5) is 13.6. The summed E-state index contributed by atoms with van der Waals surface area (Å²) in [6, 6.07) is 10.0. The van der Waals surface area contributed by atoms with E-state index in [1.807, 2.05) is 36.1 Å². The summed E-state index contributed by atoms with van der Waals surface area (Å²) < 4.78 is 42.5. The molecular weight excluding hydrogens is 442 g/mol. The first-order chi connectivity index (χ1) is 14.8. The average Bonchev–Trinajstić information content (AvgIpc) is 3.27. The Morgan fingerprint density at radius 3 is 2.35 bits per heavy atom. The van der Waals surface area contributed by atoms with Crippen LogP contribution in [0.15, 0.2) is 45.9 Å². The van der Waals surface area contributed by atoms with E-state index in [9.17, 15) is 13.2 Å². The molecule has 0 atom stereocenters. The second-order valence-corrected chi connectivity index (χ2v) is 8.87. The number of hydrogen-bond acceptors (Lipinski definition) is 7. The number of sulfonamides is 1. The van der Waals surface area contributed by atoms with Crippen LogP contribution in [-0.4, -0.2) is 68.1 Å². The van der Waals surface area contributed by atoms with Crippen LogP contribution in [0, 0.1) is 0 Å². The second-order valence-electron chi connectivity index (χ2n) is 6.62. The summed E-state index contributed by atoms with van der Waals surface area (Å²) in [6.07, 6.45) is 0. The highest BCUT2D eigenvalue weighted by atomic mass is 32.2. The van der Waals surface area contributed by atoms with Gasteiger partial charge in [0.05, 0.1) is 13.2 Å². The molecule has 0 saturated carbocycles. The third kappa shape index (κ3) is 5.54. The zero-order chi connectivity index (χ0) is 22.4. The normalized spacial score (nSPS) is 14.8. The maximum absolute atomic E-state index is 12.8. The number of hydrogen-bond donors (Lipinski definition) is 1. The van der Waals surface area contributed by atoms with Gasteiger partial charge in [-0.1, -0.05) is 0 Å². The highest BCUT2D eigenvalue weighted by molar-refractivity contribution is 7.89. The molecule has 11 heteroatoms. The molecule has 0 unspecified atom stereocenters. The van der Waals surface area contributed by atoms with Gasteiger partial charge in [-0.15, -0.1) is 0 Å². The summed E-state index contributed by atoms with van der Waals surface area (Å²) in [5.41, 5.74) is 0.825. The van der Waals surface area contributed by atoms with Crippen LogP contribution in [0.2, 0.25) is 0 Å². The Kier molecular flexibility index (Phi) is 7.52. The second kappa shape index (κ2) is 10.1. The highest BCUT2D eigenvalue weighted by Crippen LogP contribution is 2.21. The van der Waals surface area contributed by atoms with Crippen molar-refractivity contribution in [2.24, 2.45) is 0 Å². The zero-order valence-electron chi connectivity index (χ0n) is 17.4. The van der Waals surface area contributed by atoms with Crippen molar-refractivity contribution in [3.05, 3.63) is 42.2 Å². The van der Waals surface area contributed by atoms with Crippen molar-refractivity contribution in [2.75, 3.05) is 44.7 Å². The number of nitrogens with zero attached hydrogens (tertiary/aromatic N) is 2. The number of nitrogens with one attached hydrogen (secondary N) is 1. The molecule has 0 bridgehead atoms. The van der Waals surface area contributed by atoms with Crippen molar-refractivity contribution in [1.29, 1.82) is 0 Å². The number of rotatable bonds is 7. The first-order valence-corrected chi connectivity index (χ1v) is 11.8. The predicted octanol–water partition coefficient (Wildman–Crippen LogP) is 2.56. The molecule has 1 aromatic heterocycles. The van der Waals surface area contributed by atoms with E-state index in [0.29, 0.717) is 24.8 Å². The molecule has 0 aliphatic carbocycles. The Morgan fingerprint density at radius 1 is 1.06 bits per heavy atom. The van der Waals surface area contributed by atoms with Crippen LogP contribution in [-0.2, 0) is 14.8 Å². The lowest BCUT2D eigenvalue weighted by Gasteiger charge is -2.35. The third-order valence-electron chi connectivity index (χ3n) is 4.59. The van der Waals surface area contributed by atoms with Crippen molar-refractivity contribution >= 4 is 39.0 Å². The van der Waals surface area contributed by atoms with Gasteiger partial charge in [0, 0.05) is 31.9 Å². The van der Waals surface area contributed by atoms with Gasteiger partial charge in [0.25, 0.3) is 10.0 Å². The van der Waals surface area contributed by atoms with E-state index in [1.165, 1.54) is 16.4 Å². The molecule has 2 heterocycles. The van der Waals surface area contributed by atoms with E-state index in [1.54, 1.807) is 6.92 Å². The van der Waals surface area contributed by atoms with Crippen molar-refractivity contribution < 1.29 is 27.1 Å². The van der Waals surface area contributed by atoms with Crippen molar-refractivity contribution in [3.63, 3.8) is 0 Å². The Hall–Kier alpha value is -2.63. The maximum atomic E-state index is 12.8. The summed E-state index contributed by atoms with van der Waals surface area (Å²) >= 11 is 5.47. The van der Waals surface area contributed by atoms with E-state index < -0.39 is 16.0 Å². The van der Waals surface area contributed by atoms with Crippen LogP contribution >= 0.6 is 12.2 Å². The Morgan fingerprint density at radius 2 is 1.74 bits per heavy atom. The fourth-order valence-electron chi connectivity index (χ4n) is 3.03. The largest absolute Gasteiger partial charge is 0.494 e. The van der Waals surface area contributed by atoms with Gasteiger partial charge in [-0.2, -0.15) is 4.31 Å². The molecule has 0 amide bonds. The zero-order valence-corrected chi connectivity index (χ0v) is 19.0. The minimum Gasteiger partial charge on any atom is -0.494 e. The molecule has 1 aliphatic heterocycles. The summed E-state index contributed by atoms with van der Waals surface area (Å²) in [5, 5.41) is 3.40. The average molecular weight is 468 g/mol. The van der Waals surface area contributed by atoms with E-state index in [2.05, 4.69) is 5.32 Å². The fourth-order valence-corrected chi connectivity index (χ4v) is 4.67. The van der Waals surface area contributed by atoms with Crippen molar-refractivity contribution in [2.45, 2.75) is 18.9 Å². The number of ether oxygens (including phenoxy) is 2. The summed E-state index contributed by atoms with van der Waals surface area (Å²) in [7, 11) is -3.85. The van der Waals surface area contributed by atoms with Crippen LogP contribution in [0.25, 0.3) is 0 Å². The molecule has 1 N–H and O–H groups in total. The molecule has 9 nitrogen and oxygen atoms in total. The number of furan rings is 1. The first kappa shape index (κ1) is 23.0. The van der Waals surface area contributed by atoms with Gasteiger partial charge in [-0.05, 0) is 62.5 Å². The molecule has 1 fully saturated rings. The first-order valence-electron chi connectivity index (χ1n) is 9.91. The molecule has 0 radical (unpaired) electrons. The number of carbonyl (C=O) groups is 1. The molecule has 31 heavy (non-hydrogen) atoms. The number of thiocarbonyl (C=S) groups is 1. The lowest BCUT2D eigenvalue weighted by atomic mass is 10.3. The molecule has 168 valence electrons. The number of piperazine rings is 1. The maximum Gasteiger partial charge on any atom is 0.374 e. The Bertz CT molecular complexity index is 1010. The van der Waals surface area contributed by atoms with E-state index in [-0.39, 0.29) is 30.5 Å². The van der Waals surface area contributed by atoms with Gasteiger partial charge in [-0.25, -0.2) is 13.2 Å². The van der Waals surface area contributed by atoms with Gasteiger partial charge >= 0.3 is 5.97 Å². The van der Waals surface area contributed by atoms with E-state index in [0.717, 1.165) is 11.4 Å². The topological polar surface area (TPSA) is 101 Å². The van der Waals surface area contributed by atoms with Crippen LogP contribution < -0.4 is 10.1 Å². The molecule has 1 aromatic carbocycles. The van der Waals surface area contributed by atoms with Crippen molar-refractivity contribution in [1.82, 2.24) is 9.21 Å². The lowest BCUT2D eigenvalue weighted by molar-refractivity contribution is 0.0483. The van der Waals surface area contributed by atoms with Gasteiger partial charge in [0.2, 0.25) is 10.9 Å². The van der Waals surface area contributed by atoms with Gasteiger partial charge in [0.15, 0.2) is 5.11 Å². The van der Waals surface area contributed by atoms with E-state index in [4.69, 9.17) is 26.1 Å². The number of anilines is 1. The van der Waals surface area contributed by atoms with E-state index >= 15 is 0 Å². The van der Waals surface area contributed by atoms with Crippen LogP contribution in [0.3, 0.4) is 0 Å². The fraction of sp³-hybridized carbons (Fsp3) is 0.400. The number of carbonyl (C=O) groups excluding carboxylic acids is 1. The summed E-state index contributed by atoms with van der Waals surface area (Å²) in [6.45, 7) is 5.68. The van der Waals surface area contributed by atoms with Crippen LogP contribution in [0.4, 0.5) is 5.69 Å². The highest BCUT2D eigenvalue weighted by Gasteiger charge is 2.32. The molecule has 2 aromatic rings. The molecule has 0 spiro atoms. The van der Waals surface area contributed by atoms with Gasteiger partial charge < -0.3 is 24.1 Å². The molecular formula is C20H25N3O6S2. The quantitative estimate of drug-likeness (QED) is 0.486. The number of benzene rings is 1. The molecule has 1 aliphatic rings. The molecule has 1 saturated heterocycles. The molecule has 3 rings (SSSR count).